The monoisotopic (exact) mass is 248 g/mol. The fourth-order valence-corrected chi connectivity index (χ4v) is 3.00. The molecule has 0 radical (unpaired) electrons. The van der Waals surface area contributed by atoms with E-state index >= 15 is 0 Å². The van der Waals surface area contributed by atoms with Crippen LogP contribution in [0.3, 0.4) is 0 Å². The number of nitrogens with one attached hydrogen (secondary N) is 2. The highest BCUT2D eigenvalue weighted by Crippen LogP contribution is 2.38. The number of methoxy groups -OCH3 is 1. The van der Waals surface area contributed by atoms with E-state index in [4.69, 9.17) is 4.74 Å². The molecule has 5 nitrogen and oxygen atoms in total. The zero-order chi connectivity index (χ0) is 12.4. The van der Waals surface area contributed by atoms with Gasteiger partial charge >= 0.3 is 0 Å². The van der Waals surface area contributed by atoms with Gasteiger partial charge in [0.25, 0.3) is 0 Å². The van der Waals surface area contributed by atoms with Crippen LogP contribution in [-0.4, -0.2) is 35.2 Å². The van der Waals surface area contributed by atoms with Crippen molar-refractivity contribution in [2.75, 3.05) is 19.0 Å². The maximum Gasteiger partial charge on any atom is 0.218 e. The van der Waals surface area contributed by atoms with Crippen LogP contribution in [0.25, 0.3) is 0 Å². The minimum atomic E-state index is 0.410. The SMILES string of the molecule is COc1cc(NC2CCNC3(CCC3)C2)ncn1. The van der Waals surface area contributed by atoms with Crippen molar-refractivity contribution in [1.82, 2.24) is 15.3 Å². The van der Waals surface area contributed by atoms with Gasteiger partial charge in [0.05, 0.1) is 7.11 Å². The standard InChI is InChI=1S/C13H20N4O/c1-18-12-7-11(14-9-15-12)17-10-3-6-16-13(8-10)4-2-5-13/h7,9-10,16H,2-6,8H2,1H3,(H,14,15,17). The Morgan fingerprint density at radius 2 is 2.33 bits per heavy atom. The van der Waals surface area contributed by atoms with Gasteiger partial charge in [-0.05, 0) is 38.6 Å². The van der Waals surface area contributed by atoms with Crippen LogP contribution in [0.15, 0.2) is 12.4 Å². The fourth-order valence-electron chi connectivity index (χ4n) is 3.00. The molecule has 1 saturated carbocycles. The lowest BCUT2D eigenvalue weighted by Crippen LogP contribution is -2.58. The van der Waals surface area contributed by atoms with Crippen LogP contribution in [0.4, 0.5) is 5.82 Å². The number of hydrogen-bond donors (Lipinski definition) is 2. The van der Waals surface area contributed by atoms with E-state index < -0.39 is 0 Å². The maximum atomic E-state index is 5.11. The van der Waals surface area contributed by atoms with Gasteiger partial charge in [0.2, 0.25) is 5.88 Å². The second-order valence-corrected chi connectivity index (χ2v) is 5.34. The second-order valence-electron chi connectivity index (χ2n) is 5.34. The quantitative estimate of drug-likeness (QED) is 0.850. The summed E-state index contributed by atoms with van der Waals surface area (Å²) < 4.78 is 5.11. The molecule has 5 heteroatoms. The van der Waals surface area contributed by atoms with Gasteiger partial charge in [-0.3, -0.25) is 0 Å². The lowest BCUT2D eigenvalue weighted by atomic mass is 9.70. The minimum absolute atomic E-state index is 0.410. The molecular weight excluding hydrogens is 228 g/mol. The molecule has 2 heterocycles. The third-order valence-electron chi connectivity index (χ3n) is 4.14. The number of anilines is 1. The van der Waals surface area contributed by atoms with E-state index in [0.29, 0.717) is 17.5 Å². The lowest BCUT2D eigenvalue weighted by Gasteiger charge is -2.48. The zero-order valence-electron chi connectivity index (χ0n) is 10.8. The molecule has 2 N–H and O–H groups in total. The Hall–Kier alpha value is -1.36. The van der Waals surface area contributed by atoms with E-state index in [2.05, 4.69) is 20.6 Å². The average Bonchev–Trinajstić information content (AvgIpc) is 2.37. The van der Waals surface area contributed by atoms with Gasteiger partial charge in [-0.25, -0.2) is 9.97 Å². The summed E-state index contributed by atoms with van der Waals surface area (Å²) in [5.41, 5.74) is 0.410. The molecule has 1 spiro atoms. The number of rotatable bonds is 3. The van der Waals surface area contributed by atoms with Gasteiger partial charge < -0.3 is 15.4 Å². The largest absolute Gasteiger partial charge is 0.481 e. The number of nitrogens with zero attached hydrogens (tertiary/aromatic N) is 2. The first-order valence-corrected chi connectivity index (χ1v) is 6.67. The number of piperidine rings is 1. The van der Waals surface area contributed by atoms with E-state index in [1.54, 1.807) is 13.4 Å². The summed E-state index contributed by atoms with van der Waals surface area (Å²) in [4.78, 5) is 8.27. The molecule has 1 aromatic rings. The molecule has 2 aliphatic rings. The number of aromatic nitrogens is 2. The Morgan fingerprint density at radius 3 is 3.06 bits per heavy atom. The summed E-state index contributed by atoms with van der Waals surface area (Å²) in [6, 6.07) is 2.36. The number of hydrogen-bond acceptors (Lipinski definition) is 5. The zero-order valence-corrected chi connectivity index (χ0v) is 10.8. The molecule has 98 valence electrons. The van der Waals surface area contributed by atoms with Crippen LogP contribution in [0.5, 0.6) is 5.88 Å². The Bertz CT molecular complexity index is 419. The first-order valence-electron chi connectivity index (χ1n) is 6.67. The lowest BCUT2D eigenvalue weighted by molar-refractivity contribution is 0.135. The number of ether oxygens (including phenoxy) is 1. The van der Waals surface area contributed by atoms with Crippen LogP contribution in [0.2, 0.25) is 0 Å². The molecule has 1 unspecified atom stereocenters. The summed E-state index contributed by atoms with van der Waals surface area (Å²) in [6.45, 7) is 1.10. The molecule has 18 heavy (non-hydrogen) atoms. The summed E-state index contributed by atoms with van der Waals surface area (Å²) in [5.74, 6) is 1.48. The molecular formula is C13H20N4O. The first kappa shape index (κ1) is 11.7. The highest BCUT2D eigenvalue weighted by Gasteiger charge is 2.40. The fraction of sp³-hybridized carbons (Fsp3) is 0.692. The van der Waals surface area contributed by atoms with Crippen LogP contribution in [-0.2, 0) is 0 Å². The summed E-state index contributed by atoms with van der Waals surface area (Å²) in [6.07, 6.45) is 7.88. The molecule has 0 amide bonds. The van der Waals surface area contributed by atoms with Crippen molar-refractivity contribution >= 4 is 5.82 Å². The molecule has 0 aromatic carbocycles. The predicted molar refractivity (Wildman–Crippen MR) is 69.8 cm³/mol. The Balaban J connectivity index is 1.64. The van der Waals surface area contributed by atoms with Crippen LogP contribution in [0.1, 0.15) is 32.1 Å². The van der Waals surface area contributed by atoms with Crippen LogP contribution in [0, 0.1) is 0 Å². The molecule has 2 fully saturated rings. The van der Waals surface area contributed by atoms with Crippen molar-refractivity contribution in [3.8, 4) is 5.88 Å². The van der Waals surface area contributed by atoms with Gasteiger partial charge in [-0.1, -0.05) is 0 Å². The van der Waals surface area contributed by atoms with E-state index in [-0.39, 0.29) is 0 Å². The molecule has 1 aromatic heterocycles. The first-order chi connectivity index (χ1) is 8.80. The van der Waals surface area contributed by atoms with E-state index in [0.717, 1.165) is 18.8 Å². The minimum Gasteiger partial charge on any atom is -0.481 e. The van der Waals surface area contributed by atoms with E-state index in [1.165, 1.54) is 25.7 Å². The second kappa shape index (κ2) is 4.72. The molecule has 1 aliphatic heterocycles. The van der Waals surface area contributed by atoms with Crippen molar-refractivity contribution in [1.29, 1.82) is 0 Å². The van der Waals surface area contributed by atoms with Crippen LogP contribution < -0.4 is 15.4 Å². The molecule has 1 saturated heterocycles. The van der Waals surface area contributed by atoms with Gasteiger partial charge in [0, 0.05) is 17.6 Å². The Morgan fingerprint density at radius 1 is 1.44 bits per heavy atom. The Kier molecular flexibility index (Phi) is 3.07. The Labute approximate surface area is 107 Å². The van der Waals surface area contributed by atoms with Crippen molar-refractivity contribution in [2.24, 2.45) is 0 Å². The highest BCUT2D eigenvalue weighted by molar-refractivity contribution is 5.38. The smallest absolute Gasteiger partial charge is 0.218 e. The van der Waals surface area contributed by atoms with E-state index in [1.807, 2.05) is 6.07 Å². The molecule has 3 rings (SSSR count). The highest BCUT2D eigenvalue weighted by atomic mass is 16.5. The van der Waals surface area contributed by atoms with Gasteiger partial charge in [-0.2, -0.15) is 0 Å². The van der Waals surface area contributed by atoms with Crippen molar-refractivity contribution in [3.63, 3.8) is 0 Å². The summed E-state index contributed by atoms with van der Waals surface area (Å²) >= 11 is 0. The average molecular weight is 248 g/mol. The normalized spacial score (nSPS) is 25.5. The van der Waals surface area contributed by atoms with E-state index in [9.17, 15) is 0 Å². The van der Waals surface area contributed by atoms with Crippen LogP contribution >= 0.6 is 0 Å². The molecule has 1 atom stereocenters. The van der Waals surface area contributed by atoms with Gasteiger partial charge in [0.15, 0.2) is 0 Å². The molecule has 0 bridgehead atoms. The summed E-state index contributed by atoms with van der Waals surface area (Å²) in [5, 5.41) is 7.18. The third-order valence-corrected chi connectivity index (χ3v) is 4.14. The van der Waals surface area contributed by atoms with Gasteiger partial charge in [0.1, 0.15) is 12.1 Å². The molecule has 1 aliphatic carbocycles. The van der Waals surface area contributed by atoms with Crippen molar-refractivity contribution < 1.29 is 4.74 Å². The van der Waals surface area contributed by atoms with Crippen molar-refractivity contribution in [3.05, 3.63) is 12.4 Å². The van der Waals surface area contributed by atoms with Crippen molar-refractivity contribution in [2.45, 2.75) is 43.7 Å². The topological polar surface area (TPSA) is 59.1 Å². The van der Waals surface area contributed by atoms with Gasteiger partial charge in [-0.15, -0.1) is 0 Å². The maximum absolute atomic E-state index is 5.11. The predicted octanol–water partition coefficient (Wildman–Crippen LogP) is 1.57. The summed E-state index contributed by atoms with van der Waals surface area (Å²) in [7, 11) is 1.62. The third kappa shape index (κ3) is 2.27.